The molecular formula is C22H33ClN2O5. The number of hydrogen-bond donors (Lipinski definition) is 1. The number of piperidine rings is 1. The minimum Gasteiger partial charge on any atom is -0.494 e. The molecule has 1 aliphatic rings. The average molecular weight is 441 g/mol. The number of hydrogen-bond acceptors (Lipinski definition) is 5. The zero-order valence-corrected chi connectivity index (χ0v) is 19.0. The van der Waals surface area contributed by atoms with E-state index in [0.29, 0.717) is 44.0 Å². The summed E-state index contributed by atoms with van der Waals surface area (Å²) in [6, 6.07) is 7.02. The number of methoxy groups -OCH3 is 1. The van der Waals surface area contributed by atoms with Crippen LogP contribution in [-0.2, 0) is 14.3 Å². The monoisotopic (exact) mass is 440 g/mol. The lowest BCUT2D eigenvalue weighted by Crippen LogP contribution is -2.53. The highest BCUT2D eigenvalue weighted by Crippen LogP contribution is 2.21. The highest BCUT2D eigenvalue weighted by molar-refractivity contribution is 6.30. The van der Waals surface area contributed by atoms with Gasteiger partial charge in [-0.05, 0) is 64.3 Å². The normalized spacial score (nSPS) is 19.3. The molecule has 0 radical (unpaired) electrons. The predicted molar refractivity (Wildman–Crippen MR) is 116 cm³/mol. The molecule has 0 aromatic heterocycles. The first-order valence-corrected chi connectivity index (χ1v) is 10.7. The largest absolute Gasteiger partial charge is 0.494 e. The van der Waals surface area contributed by atoms with Crippen molar-refractivity contribution < 1.29 is 23.8 Å². The fourth-order valence-electron chi connectivity index (χ4n) is 3.35. The van der Waals surface area contributed by atoms with Crippen molar-refractivity contribution in [3.8, 4) is 5.75 Å². The van der Waals surface area contributed by atoms with Crippen LogP contribution in [0.1, 0.15) is 46.5 Å². The fourth-order valence-corrected chi connectivity index (χ4v) is 3.48. The van der Waals surface area contributed by atoms with Crippen molar-refractivity contribution in [2.24, 2.45) is 0 Å². The van der Waals surface area contributed by atoms with Crippen LogP contribution in [-0.4, -0.2) is 61.5 Å². The van der Waals surface area contributed by atoms with E-state index in [9.17, 15) is 9.59 Å². The molecule has 2 rings (SSSR count). The van der Waals surface area contributed by atoms with E-state index < -0.39 is 11.7 Å². The van der Waals surface area contributed by atoms with Crippen LogP contribution in [0.25, 0.3) is 0 Å². The lowest BCUT2D eigenvalue weighted by Gasteiger charge is -2.39. The predicted octanol–water partition coefficient (Wildman–Crippen LogP) is 4.03. The molecule has 0 aliphatic carbocycles. The number of carbonyl (C=O) groups is 2. The molecule has 0 spiro atoms. The van der Waals surface area contributed by atoms with Crippen molar-refractivity contribution in [1.82, 2.24) is 10.2 Å². The van der Waals surface area contributed by atoms with Crippen LogP contribution < -0.4 is 10.1 Å². The summed E-state index contributed by atoms with van der Waals surface area (Å²) < 4.78 is 16.4. The molecule has 1 heterocycles. The molecule has 1 N–H and O–H groups in total. The summed E-state index contributed by atoms with van der Waals surface area (Å²) in [5.41, 5.74) is -0.564. The van der Waals surface area contributed by atoms with E-state index in [1.54, 1.807) is 31.4 Å². The second-order valence-corrected chi connectivity index (χ2v) is 8.85. The zero-order valence-electron chi connectivity index (χ0n) is 18.3. The van der Waals surface area contributed by atoms with Crippen molar-refractivity contribution in [2.75, 3.05) is 26.8 Å². The molecule has 0 saturated carbocycles. The van der Waals surface area contributed by atoms with Gasteiger partial charge < -0.3 is 24.4 Å². The number of nitrogens with one attached hydrogen (secondary N) is 1. The third-order valence-electron chi connectivity index (χ3n) is 4.82. The summed E-state index contributed by atoms with van der Waals surface area (Å²) in [6.45, 7) is 6.84. The van der Waals surface area contributed by atoms with E-state index in [1.807, 2.05) is 25.7 Å². The molecule has 1 saturated heterocycles. The molecule has 1 aliphatic heterocycles. The van der Waals surface area contributed by atoms with E-state index in [1.165, 1.54) is 0 Å². The summed E-state index contributed by atoms with van der Waals surface area (Å²) in [7, 11) is 1.68. The Balaban J connectivity index is 1.82. The van der Waals surface area contributed by atoms with E-state index >= 15 is 0 Å². The van der Waals surface area contributed by atoms with Crippen LogP contribution >= 0.6 is 11.6 Å². The summed E-state index contributed by atoms with van der Waals surface area (Å²) in [5.74, 6) is 0.785. The third kappa shape index (κ3) is 8.40. The Morgan fingerprint density at radius 1 is 1.23 bits per heavy atom. The summed E-state index contributed by atoms with van der Waals surface area (Å²) in [6.07, 6.45) is 2.05. The molecule has 2 atom stereocenters. The van der Waals surface area contributed by atoms with E-state index in [4.69, 9.17) is 25.8 Å². The van der Waals surface area contributed by atoms with Gasteiger partial charge in [-0.15, -0.1) is 0 Å². The lowest BCUT2D eigenvalue weighted by atomic mass is 9.98. The van der Waals surface area contributed by atoms with Crippen LogP contribution in [0.4, 0.5) is 4.79 Å². The van der Waals surface area contributed by atoms with Gasteiger partial charge in [0.15, 0.2) is 0 Å². The van der Waals surface area contributed by atoms with Crippen LogP contribution in [0, 0.1) is 0 Å². The third-order valence-corrected chi connectivity index (χ3v) is 5.07. The lowest BCUT2D eigenvalue weighted by molar-refractivity contribution is -0.137. The number of amides is 2. The Bertz CT molecular complexity index is 690. The van der Waals surface area contributed by atoms with E-state index in [0.717, 1.165) is 12.2 Å². The number of nitrogens with zero attached hydrogens (tertiary/aromatic N) is 1. The maximum Gasteiger partial charge on any atom is 0.407 e. The SMILES string of the molecule is CO[C@H]1CCN(C(=O)CCCOc2ccc(Cl)cc2)[C@@H](CNC(=O)OC(C)(C)C)C1. The van der Waals surface area contributed by atoms with E-state index in [2.05, 4.69) is 5.32 Å². The number of likely N-dealkylation sites (tertiary alicyclic amines) is 1. The van der Waals surface area contributed by atoms with Crippen LogP contribution in [0.5, 0.6) is 5.75 Å². The highest BCUT2D eigenvalue weighted by Gasteiger charge is 2.32. The van der Waals surface area contributed by atoms with Crippen LogP contribution in [0.3, 0.4) is 0 Å². The van der Waals surface area contributed by atoms with Crippen molar-refractivity contribution >= 4 is 23.6 Å². The molecule has 0 unspecified atom stereocenters. The molecule has 30 heavy (non-hydrogen) atoms. The number of alkyl carbamates (subject to hydrolysis) is 1. The second-order valence-electron chi connectivity index (χ2n) is 8.41. The first-order chi connectivity index (χ1) is 14.2. The molecule has 1 fully saturated rings. The number of carbonyl (C=O) groups excluding carboxylic acids is 2. The van der Waals surface area contributed by atoms with Gasteiger partial charge in [0, 0.05) is 31.6 Å². The average Bonchev–Trinajstić information content (AvgIpc) is 2.69. The molecular weight excluding hydrogens is 408 g/mol. The number of ether oxygens (including phenoxy) is 3. The van der Waals surface area contributed by atoms with Gasteiger partial charge >= 0.3 is 6.09 Å². The molecule has 1 aromatic carbocycles. The van der Waals surface area contributed by atoms with Gasteiger partial charge in [0.05, 0.1) is 18.8 Å². The molecule has 168 valence electrons. The second kappa shape index (κ2) is 11.4. The Labute approximate surface area is 184 Å². The van der Waals surface area contributed by atoms with Crippen LogP contribution in [0.15, 0.2) is 24.3 Å². The Morgan fingerprint density at radius 3 is 2.57 bits per heavy atom. The zero-order chi connectivity index (χ0) is 22.1. The number of benzene rings is 1. The smallest absolute Gasteiger partial charge is 0.407 e. The highest BCUT2D eigenvalue weighted by atomic mass is 35.5. The maximum absolute atomic E-state index is 12.8. The van der Waals surface area contributed by atoms with Gasteiger partial charge in [0.2, 0.25) is 5.91 Å². The van der Waals surface area contributed by atoms with E-state index in [-0.39, 0.29) is 18.1 Å². The van der Waals surface area contributed by atoms with Gasteiger partial charge in [0.25, 0.3) is 0 Å². The van der Waals surface area contributed by atoms with Gasteiger partial charge in [0.1, 0.15) is 11.4 Å². The topological polar surface area (TPSA) is 77.1 Å². The van der Waals surface area contributed by atoms with Crippen molar-refractivity contribution in [1.29, 1.82) is 0 Å². The summed E-state index contributed by atoms with van der Waals surface area (Å²) >= 11 is 5.86. The van der Waals surface area contributed by atoms with Gasteiger partial charge in [-0.1, -0.05) is 11.6 Å². The van der Waals surface area contributed by atoms with Gasteiger partial charge in [-0.25, -0.2) is 4.79 Å². The molecule has 0 bridgehead atoms. The number of rotatable bonds is 8. The Morgan fingerprint density at radius 2 is 1.93 bits per heavy atom. The molecule has 1 aromatic rings. The first kappa shape index (κ1) is 24.3. The van der Waals surface area contributed by atoms with Gasteiger partial charge in [-0.3, -0.25) is 4.79 Å². The minimum atomic E-state index is -0.564. The molecule has 2 amide bonds. The molecule has 7 nitrogen and oxygen atoms in total. The standard InChI is InChI=1S/C22H33ClN2O5/c1-22(2,3)30-21(27)24-15-17-14-19(28-4)11-12-25(17)20(26)6-5-13-29-18-9-7-16(23)8-10-18/h7-10,17,19H,5-6,11-15H2,1-4H3,(H,24,27)/t17-,19+/m1/s1. The van der Waals surface area contributed by atoms with Gasteiger partial charge in [-0.2, -0.15) is 0 Å². The Hall–Kier alpha value is -1.99. The summed E-state index contributed by atoms with van der Waals surface area (Å²) in [5, 5.41) is 3.44. The van der Waals surface area contributed by atoms with Crippen molar-refractivity contribution in [2.45, 2.75) is 64.2 Å². The fraction of sp³-hybridized carbons (Fsp3) is 0.636. The molecule has 8 heteroatoms. The maximum atomic E-state index is 12.8. The summed E-state index contributed by atoms with van der Waals surface area (Å²) in [4.78, 5) is 26.6. The number of halogens is 1. The van der Waals surface area contributed by atoms with Crippen molar-refractivity contribution in [3.63, 3.8) is 0 Å². The quantitative estimate of drug-likeness (QED) is 0.617. The Kier molecular flexibility index (Phi) is 9.24. The minimum absolute atomic E-state index is 0.0558. The first-order valence-electron chi connectivity index (χ1n) is 10.4. The van der Waals surface area contributed by atoms with Crippen molar-refractivity contribution in [3.05, 3.63) is 29.3 Å². The van der Waals surface area contributed by atoms with Crippen LogP contribution in [0.2, 0.25) is 5.02 Å².